The van der Waals surface area contributed by atoms with Crippen LogP contribution >= 0.6 is 0 Å². The number of nitrogens with zero attached hydrogens (tertiary/aromatic N) is 4. The summed E-state index contributed by atoms with van der Waals surface area (Å²) in [5.41, 5.74) is -0.368. The van der Waals surface area contributed by atoms with Crippen molar-refractivity contribution in [3.63, 3.8) is 0 Å². The van der Waals surface area contributed by atoms with E-state index in [0.717, 1.165) is 25.5 Å². The van der Waals surface area contributed by atoms with Gasteiger partial charge >= 0.3 is 12.3 Å². The summed E-state index contributed by atoms with van der Waals surface area (Å²) in [7, 11) is 0. The molecule has 0 bridgehead atoms. The van der Waals surface area contributed by atoms with Crippen molar-refractivity contribution in [2.24, 2.45) is 0 Å². The van der Waals surface area contributed by atoms with Crippen LogP contribution < -0.4 is 10.6 Å². The molecule has 2 aliphatic heterocycles. The van der Waals surface area contributed by atoms with Gasteiger partial charge in [-0.25, -0.2) is 4.79 Å². The van der Waals surface area contributed by atoms with Crippen LogP contribution in [0, 0.1) is 6.92 Å². The van der Waals surface area contributed by atoms with Crippen molar-refractivity contribution < 1.29 is 32.6 Å². The Kier molecular flexibility index (Phi) is 9.49. The zero-order valence-electron chi connectivity index (χ0n) is 24.4. The van der Waals surface area contributed by atoms with Crippen molar-refractivity contribution >= 4 is 17.8 Å². The molecule has 2 amide bonds. The van der Waals surface area contributed by atoms with E-state index in [1.54, 1.807) is 17.9 Å². The van der Waals surface area contributed by atoms with Crippen LogP contribution in [0.3, 0.4) is 0 Å². The Morgan fingerprint density at radius 1 is 1.05 bits per heavy atom. The summed E-state index contributed by atoms with van der Waals surface area (Å²) in [4.78, 5) is 28.8. The predicted octanol–water partition coefficient (Wildman–Crippen LogP) is 4.57. The van der Waals surface area contributed by atoms with Crippen molar-refractivity contribution in [2.45, 2.75) is 77.2 Å². The zero-order valence-corrected chi connectivity index (χ0v) is 24.4. The lowest BCUT2D eigenvalue weighted by Gasteiger charge is -2.35. The molecule has 10 nitrogen and oxygen atoms in total. The lowest BCUT2D eigenvalue weighted by molar-refractivity contribution is -0.137. The number of benzene rings is 1. The molecule has 13 heteroatoms. The van der Waals surface area contributed by atoms with Crippen LogP contribution in [-0.4, -0.2) is 87.5 Å². The number of phenols is 1. The Hall–Kier alpha value is -3.61. The maximum Gasteiger partial charge on any atom is 0.416 e. The van der Waals surface area contributed by atoms with Crippen molar-refractivity contribution in [3.05, 3.63) is 35.4 Å². The molecular weight excluding hydrogens is 553 g/mol. The van der Waals surface area contributed by atoms with Crippen LogP contribution in [0.4, 0.5) is 23.8 Å². The van der Waals surface area contributed by atoms with Crippen molar-refractivity contribution in [3.8, 4) is 17.0 Å². The van der Waals surface area contributed by atoms with Crippen LogP contribution in [0.25, 0.3) is 11.3 Å². The molecule has 1 atom stereocenters. The van der Waals surface area contributed by atoms with Gasteiger partial charge in [0.1, 0.15) is 17.2 Å². The third-order valence-electron chi connectivity index (χ3n) is 7.30. The highest BCUT2D eigenvalue weighted by atomic mass is 19.4. The molecule has 1 aromatic carbocycles. The van der Waals surface area contributed by atoms with E-state index in [2.05, 4.69) is 25.7 Å². The van der Waals surface area contributed by atoms with Crippen LogP contribution in [-0.2, 0) is 15.7 Å². The number of aryl methyl sites for hydroxylation is 1. The number of halogens is 3. The second-order valence-electron chi connectivity index (χ2n) is 12.0. The molecule has 0 aliphatic carbocycles. The maximum absolute atomic E-state index is 12.9. The monoisotopic (exact) mass is 592 g/mol. The fourth-order valence-electron chi connectivity index (χ4n) is 5.27. The first-order chi connectivity index (χ1) is 19.7. The predicted molar refractivity (Wildman–Crippen MR) is 151 cm³/mol. The van der Waals surface area contributed by atoms with E-state index in [4.69, 9.17) is 4.74 Å². The molecule has 3 N–H and O–H groups in total. The number of anilines is 1. The molecule has 1 aromatic heterocycles. The number of rotatable bonds is 6. The van der Waals surface area contributed by atoms with Crippen molar-refractivity contribution in [2.75, 3.05) is 38.0 Å². The smallest absolute Gasteiger partial charge is 0.416 e. The Morgan fingerprint density at radius 2 is 1.76 bits per heavy atom. The highest BCUT2D eigenvalue weighted by molar-refractivity contribution is 5.78. The summed E-state index contributed by atoms with van der Waals surface area (Å²) in [6, 6.07) is 4.56. The zero-order chi connectivity index (χ0) is 30.7. The average Bonchev–Trinajstić information content (AvgIpc) is 2.88. The third-order valence-corrected chi connectivity index (χ3v) is 7.30. The highest BCUT2D eigenvalue weighted by Crippen LogP contribution is 2.37. The van der Waals surface area contributed by atoms with E-state index < -0.39 is 23.1 Å². The van der Waals surface area contributed by atoms with Crippen molar-refractivity contribution in [1.82, 2.24) is 25.3 Å². The molecule has 3 heterocycles. The molecule has 2 saturated heterocycles. The van der Waals surface area contributed by atoms with E-state index in [0.29, 0.717) is 55.6 Å². The minimum absolute atomic E-state index is 0.00997. The number of phenolic OH excluding ortho intramolecular Hbond substituents is 1. The first kappa shape index (κ1) is 31.3. The van der Waals surface area contributed by atoms with Gasteiger partial charge in [0, 0.05) is 37.3 Å². The number of carbonyl (C=O) groups is 2. The summed E-state index contributed by atoms with van der Waals surface area (Å²) in [5, 5.41) is 25.0. The minimum Gasteiger partial charge on any atom is -0.507 e. The normalized spacial score (nSPS) is 18.9. The van der Waals surface area contributed by atoms with Crippen molar-refractivity contribution in [1.29, 1.82) is 0 Å². The fraction of sp³-hybridized carbons (Fsp3) is 0.586. The highest BCUT2D eigenvalue weighted by Gasteiger charge is 2.32. The second-order valence-corrected chi connectivity index (χ2v) is 12.0. The molecular formula is C29H39F3N6O4. The molecule has 2 aliphatic rings. The van der Waals surface area contributed by atoms with Crippen LogP contribution in [0.1, 0.15) is 57.6 Å². The standard InChI is InChI=1S/C29H39F3N6O4/c1-18-14-24(35-36-26(18)22-8-7-19(15-23(22)39)29(30,31)32)33-21-6-5-11-37(16-21)17-25(40)34-20-9-12-38(13-10-20)27(41)42-28(2,3)4/h7-8,14-15,20-21,39H,5-6,9-13,16-17H2,1-4H3,(H,33,35)(H,34,40)/t21-/m1/s1. The number of nitrogens with one attached hydrogen (secondary N) is 2. The van der Waals surface area contributed by atoms with Crippen LogP contribution in [0.5, 0.6) is 5.75 Å². The van der Waals surface area contributed by atoms with E-state index in [-0.39, 0.29) is 36.2 Å². The quantitative estimate of drug-likeness (QED) is 0.447. The molecule has 230 valence electrons. The molecule has 4 rings (SSSR count). The number of piperidine rings is 2. The number of aromatic hydroxyl groups is 1. The summed E-state index contributed by atoms with van der Waals surface area (Å²) in [5.74, 6) is -0.0591. The van der Waals surface area contributed by atoms with E-state index in [1.165, 1.54) is 6.07 Å². The van der Waals surface area contributed by atoms with Gasteiger partial charge in [0.2, 0.25) is 5.91 Å². The summed E-state index contributed by atoms with van der Waals surface area (Å²) in [6.07, 6.45) is -1.76. The fourth-order valence-corrected chi connectivity index (χ4v) is 5.27. The molecule has 2 fully saturated rings. The topological polar surface area (TPSA) is 120 Å². The van der Waals surface area contributed by atoms with Gasteiger partial charge in [0.05, 0.1) is 17.8 Å². The number of alkyl halides is 3. The average molecular weight is 593 g/mol. The van der Waals surface area contributed by atoms with E-state index in [9.17, 15) is 27.9 Å². The third kappa shape index (κ3) is 8.46. The first-order valence-electron chi connectivity index (χ1n) is 14.2. The molecule has 0 unspecified atom stereocenters. The Morgan fingerprint density at radius 3 is 2.38 bits per heavy atom. The number of likely N-dealkylation sites (tertiary alicyclic amines) is 2. The number of aromatic nitrogens is 2. The number of carbonyl (C=O) groups excluding carboxylic acids is 2. The minimum atomic E-state index is -4.56. The molecule has 42 heavy (non-hydrogen) atoms. The van der Waals surface area contributed by atoms with Gasteiger partial charge in [-0.3, -0.25) is 9.69 Å². The summed E-state index contributed by atoms with van der Waals surface area (Å²) in [6.45, 7) is 10.0. The molecule has 0 saturated carbocycles. The van der Waals surface area contributed by atoms with E-state index >= 15 is 0 Å². The van der Waals surface area contributed by atoms with Gasteiger partial charge in [-0.05, 0) is 89.8 Å². The summed E-state index contributed by atoms with van der Waals surface area (Å²) >= 11 is 0. The first-order valence-corrected chi connectivity index (χ1v) is 14.2. The number of ether oxygens (including phenoxy) is 1. The van der Waals surface area contributed by atoms with Crippen LogP contribution in [0.15, 0.2) is 24.3 Å². The largest absolute Gasteiger partial charge is 0.507 e. The van der Waals surface area contributed by atoms with Gasteiger partial charge in [-0.2, -0.15) is 13.2 Å². The van der Waals surface area contributed by atoms with Gasteiger partial charge in [0.25, 0.3) is 0 Å². The molecule has 0 spiro atoms. The van der Waals surface area contributed by atoms with Gasteiger partial charge in [-0.1, -0.05) is 0 Å². The van der Waals surface area contributed by atoms with Gasteiger partial charge < -0.3 is 25.4 Å². The SMILES string of the molecule is Cc1cc(N[C@@H]2CCCN(CC(=O)NC3CCN(C(=O)OC(C)(C)C)CC3)C2)nnc1-c1ccc(C(F)(F)F)cc1O. The van der Waals surface area contributed by atoms with Gasteiger partial charge in [0.15, 0.2) is 0 Å². The Labute approximate surface area is 243 Å². The van der Waals surface area contributed by atoms with Gasteiger partial charge in [-0.15, -0.1) is 10.2 Å². The number of amides is 2. The number of hydrogen-bond acceptors (Lipinski definition) is 8. The maximum atomic E-state index is 12.9. The molecule has 0 radical (unpaired) electrons. The Balaban J connectivity index is 1.26. The lowest BCUT2D eigenvalue weighted by Crippen LogP contribution is -2.51. The number of hydrogen-bond donors (Lipinski definition) is 3. The molecule has 2 aromatic rings. The van der Waals surface area contributed by atoms with E-state index in [1.807, 2.05) is 20.8 Å². The lowest BCUT2D eigenvalue weighted by atomic mass is 10.0. The van der Waals surface area contributed by atoms with Crippen LogP contribution in [0.2, 0.25) is 0 Å². The second kappa shape index (κ2) is 12.7. The Bertz CT molecular complexity index is 1270. The summed E-state index contributed by atoms with van der Waals surface area (Å²) < 4.78 is 44.3.